The highest BCUT2D eigenvalue weighted by atomic mass is 35.5. The lowest BCUT2D eigenvalue weighted by Gasteiger charge is -2.47. The van der Waals surface area contributed by atoms with Crippen LogP contribution in [0.5, 0.6) is 0 Å². The quantitative estimate of drug-likeness (QED) is 0.615. The molecule has 5 atom stereocenters. The monoisotopic (exact) mass is 451 g/mol. The third-order valence-corrected chi connectivity index (χ3v) is 7.82. The van der Waals surface area contributed by atoms with Crippen LogP contribution in [0.3, 0.4) is 0 Å². The van der Waals surface area contributed by atoms with Gasteiger partial charge < -0.3 is 10.4 Å². The van der Waals surface area contributed by atoms with Crippen LogP contribution in [0.2, 0.25) is 15.1 Å². The van der Waals surface area contributed by atoms with Crippen LogP contribution >= 0.6 is 34.8 Å². The molecule has 2 aliphatic rings. The highest BCUT2D eigenvalue weighted by Crippen LogP contribution is 2.60. The predicted molar refractivity (Wildman–Crippen MR) is 118 cm³/mol. The smallest absolute Gasteiger partial charge is 0.226 e. The number of carbonyl (C=O) groups is 1. The Morgan fingerprint density at radius 1 is 1.10 bits per heavy atom. The first-order valence-electron chi connectivity index (χ1n) is 10.0. The molecule has 154 valence electrons. The highest BCUT2D eigenvalue weighted by molar-refractivity contribution is 6.35. The number of halogens is 3. The zero-order valence-electron chi connectivity index (χ0n) is 16.2. The van der Waals surface area contributed by atoms with E-state index in [1.165, 1.54) is 0 Å². The third-order valence-electron chi connectivity index (χ3n) is 7.01. The summed E-state index contributed by atoms with van der Waals surface area (Å²) in [7, 11) is 0. The molecule has 2 aromatic rings. The molecule has 0 radical (unpaired) electrons. The second-order valence-corrected chi connectivity index (χ2v) is 9.47. The second-order valence-electron chi connectivity index (χ2n) is 8.19. The molecule has 1 saturated carbocycles. The van der Waals surface area contributed by atoms with E-state index in [1.807, 2.05) is 36.4 Å². The number of aliphatic hydroxyl groups excluding tert-OH is 1. The minimum absolute atomic E-state index is 0.0238. The Labute approximate surface area is 186 Å². The standard InChI is InChI=1S/C23H24Cl3NO2/c1-2-23-10-9-17(16-8-7-15(25)11-18(16)26)20(13-3-5-14(24)6-4-13)21(23)19(12-28)27-22(23)29/h3-8,11,17,19-21,28H,2,9-10,12H2,1H3,(H,27,29)/t17-,19+,20-,21-,23+/m0/s1. The van der Waals surface area contributed by atoms with Crippen LogP contribution in [0.15, 0.2) is 42.5 Å². The SMILES string of the molecule is CC[C@@]12CC[C@@H](c3ccc(Cl)cc3Cl)[C@H](c3ccc(Cl)cc3)[C@@H]1[C@@H](CO)NC2=O. The van der Waals surface area contributed by atoms with Gasteiger partial charge in [-0.1, -0.05) is 59.9 Å². The number of hydrogen-bond acceptors (Lipinski definition) is 2. The molecule has 0 bridgehead atoms. The van der Waals surface area contributed by atoms with Crippen molar-refractivity contribution in [2.24, 2.45) is 11.3 Å². The zero-order valence-corrected chi connectivity index (χ0v) is 18.4. The lowest BCUT2D eigenvalue weighted by Crippen LogP contribution is -2.45. The Hall–Kier alpha value is -1.26. The number of nitrogens with one attached hydrogen (secondary N) is 1. The van der Waals surface area contributed by atoms with Crippen LogP contribution in [-0.2, 0) is 4.79 Å². The minimum Gasteiger partial charge on any atom is -0.394 e. The van der Waals surface area contributed by atoms with E-state index < -0.39 is 5.41 Å². The molecule has 2 aromatic carbocycles. The van der Waals surface area contributed by atoms with Crippen LogP contribution in [-0.4, -0.2) is 23.7 Å². The van der Waals surface area contributed by atoms with Gasteiger partial charge in [-0.25, -0.2) is 0 Å². The maximum Gasteiger partial charge on any atom is 0.226 e. The molecule has 6 heteroatoms. The van der Waals surface area contributed by atoms with Gasteiger partial charge in [-0.3, -0.25) is 4.79 Å². The Balaban J connectivity index is 1.88. The molecular weight excluding hydrogens is 429 g/mol. The van der Waals surface area contributed by atoms with E-state index in [-0.39, 0.29) is 36.3 Å². The molecule has 2 fully saturated rings. The van der Waals surface area contributed by atoms with Gasteiger partial charge in [0.2, 0.25) is 5.91 Å². The fraction of sp³-hybridized carbons (Fsp3) is 0.435. The summed E-state index contributed by atoms with van der Waals surface area (Å²) in [5.41, 5.74) is 1.67. The molecule has 0 aromatic heterocycles. The summed E-state index contributed by atoms with van der Waals surface area (Å²) in [6.45, 7) is 1.99. The number of benzene rings is 2. The van der Waals surface area contributed by atoms with Gasteiger partial charge in [0.25, 0.3) is 0 Å². The van der Waals surface area contributed by atoms with Gasteiger partial charge in [-0.2, -0.15) is 0 Å². The molecule has 4 rings (SSSR count). The van der Waals surface area contributed by atoms with Gasteiger partial charge in [-0.05, 0) is 66.5 Å². The summed E-state index contributed by atoms with van der Waals surface area (Å²) in [6.07, 6.45) is 2.35. The van der Waals surface area contributed by atoms with Crippen molar-refractivity contribution in [1.29, 1.82) is 0 Å². The Kier molecular flexibility index (Phi) is 5.87. The zero-order chi connectivity index (χ0) is 20.8. The summed E-state index contributed by atoms with van der Waals surface area (Å²) in [5, 5.41) is 15.1. The van der Waals surface area contributed by atoms with Crippen molar-refractivity contribution < 1.29 is 9.90 Å². The van der Waals surface area contributed by atoms with Crippen LogP contribution in [0.1, 0.15) is 49.1 Å². The Morgan fingerprint density at radius 3 is 2.41 bits per heavy atom. The van der Waals surface area contributed by atoms with E-state index in [0.717, 1.165) is 30.4 Å². The molecule has 29 heavy (non-hydrogen) atoms. The number of hydrogen-bond donors (Lipinski definition) is 2. The van der Waals surface area contributed by atoms with E-state index in [9.17, 15) is 9.90 Å². The van der Waals surface area contributed by atoms with Crippen molar-refractivity contribution in [2.75, 3.05) is 6.61 Å². The molecule has 1 aliphatic carbocycles. The minimum atomic E-state index is -0.479. The molecule has 3 nitrogen and oxygen atoms in total. The number of rotatable bonds is 4. The molecule has 0 unspecified atom stereocenters. The third kappa shape index (κ3) is 3.46. The van der Waals surface area contributed by atoms with Gasteiger partial charge in [0, 0.05) is 21.0 Å². The van der Waals surface area contributed by atoms with E-state index in [4.69, 9.17) is 34.8 Å². The lowest BCUT2D eigenvalue weighted by molar-refractivity contribution is -0.131. The van der Waals surface area contributed by atoms with Crippen LogP contribution < -0.4 is 5.32 Å². The number of aliphatic hydroxyl groups is 1. The van der Waals surface area contributed by atoms with Crippen molar-refractivity contribution in [1.82, 2.24) is 5.32 Å². The summed E-state index contributed by atoms with van der Waals surface area (Å²) < 4.78 is 0. The Bertz CT molecular complexity index is 917. The van der Waals surface area contributed by atoms with E-state index >= 15 is 0 Å². The maximum absolute atomic E-state index is 13.0. The molecular formula is C23H24Cl3NO2. The first-order chi connectivity index (χ1) is 13.9. The van der Waals surface area contributed by atoms with Crippen molar-refractivity contribution in [3.63, 3.8) is 0 Å². The normalized spacial score (nSPS) is 31.4. The highest BCUT2D eigenvalue weighted by Gasteiger charge is 2.60. The number of carbonyl (C=O) groups excluding carboxylic acids is 1. The van der Waals surface area contributed by atoms with Crippen molar-refractivity contribution in [3.05, 3.63) is 68.7 Å². The molecule has 2 N–H and O–H groups in total. The maximum atomic E-state index is 13.0. The van der Waals surface area contributed by atoms with Gasteiger partial charge in [0.15, 0.2) is 0 Å². The molecule has 1 heterocycles. The Morgan fingerprint density at radius 2 is 1.79 bits per heavy atom. The number of fused-ring (bicyclic) bond motifs is 1. The molecule has 0 spiro atoms. The van der Waals surface area contributed by atoms with Crippen LogP contribution in [0, 0.1) is 11.3 Å². The first-order valence-corrected chi connectivity index (χ1v) is 11.2. The predicted octanol–water partition coefficient (Wildman–Crippen LogP) is 5.81. The van der Waals surface area contributed by atoms with Crippen molar-refractivity contribution in [3.8, 4) is 0 Å². The summed E-state index contributed by atoms with van der Waals surface area (Å²) >= 11 is 18.9. The molecule has 1 aliphatic heterocycles. The fourth-order valence-corrected chi connectivity index (χ4v) is 6.34. The van der Waals surface area contributed by atoms with Crippen molar-refractivity contribution >= 4 is 40.7 Å². The van der Waals surface area contributed by atoms with Gasteiger partial charge >= 0.3 is 0 Å². The molecule has 1 saturated heterocycles. The van der Waals surface area contributed by atoms with Gasteiger partial charge in [0.05, 0.1) is 18.1 Å². The average molecular weight is 453 g/mol. The van der Waals surface area contributed by atoms with E-state index in [1.54, 1.807) is 6.07 Å². The van der Waals surface area contributed by atoms with E-state index in [0.29, 0.717) is 15.1 Å². The first kappa shape index (κ1) is 21.0. The van der Waals surface area contributed by atoms with E-state index in [2.05, 4.69) is 12.2 Å². The lowest BCUT2D eigenvalue weighted by atomic mass is 9.54. The molecule has 1 amide bonds. The van der Waals surface area contributed by atoms with Gasteiger partial charge in [-0.15, -0.1) is 0 Å². The summed E-state index contributed by atoms with van der Waals surface area (Å²) in [4.78, 5) is 13.0. The van der Waals surface area contributed by atoms with Gasteiger partial charge in [0.1, 0.15) is 0 Å². The second kappa shape index (κ2) is 8.11. The summed E-state index contributed by atoms with van der Waals surface area (Å²) in [5.74, 6) is 0.170. The fourth-order valence-electron chi connectivity index (χ4n) is 5.66. The largest absolute Gasteiger partial charge is 0.394 e. The van der Waals surface area contributed by atoms with Crippen molar-refractivity contribution in [2.45, 2.75) is 44.1 Å². The topological polar surface area (TPSA) is 49.3 Å². The van der Waals surface area contributed by atoms with Crippen LogP contribution in [0.4, 0.5) is 0 Å². The average Bonchev–Trinajstić information content (AvgIpc) is 3.00. The van der Waals surface area contributed by atoms with Crippen LogP contribution in [0.25, 0.3) is 0 Å². The summed E-state index contributed by atoms with van der Waals surface area (Å²) in [6, 6.07) is 13.2. The number of amides is 1.